The zero-order valence-corrected chi connectivity index (χ0v) is 18.0. The Morgan fingerprint density at radius 3 is 2.43 bits per heavy atom. The van der Waals surface area contributed by atoms with Gasteiger partial charge >= 0.3 is 5.97 Å². The van der Waals surface area contributed by atoms with E-state index in [-0.39, 0.29) is 41.2 Å². The Kier molecular flexibility index (Phi) is 8.94. The van der Waals surface area contributed by atoms with E-state index >= 15 is 0 Å². The normalized spacial score (nSPS) is 16.2. The van der Waals surface area contributed by atoms with Crippen LogP contribution in [0.3, 0.4) is 0 Å². The SMILES string of the molecule is Br.O=C(N[C@@H](Cc1ccccc1)C(=O)OCc1ccc([N+](=O)[O-])cc1)[C@@H]1CCCN1. The molecule has 0 aromatic heterocycles. The minimum atomic E-state index is -0.814. The van der Waals surface area contributed by atoms with Gasteiger partial charge < -0.3 is 15.4 Å². The van der Waals surface area contributed by atoms with Crippen LogP contribution < -0.4 is 10.6 Å². The molecule has 0 aliphatic carbocycles. The van der Waals surface area contributed by atoms with Gasteiger partial charge in [-0.1, -0.05) is 30.3 Å². The molecule has 1 fully saturated rings. The Morgan fingerprint density at radius 2 is 1.83 bits per heavy atom. The Hall–Kier alpha value is -2.78. The number of ether oxygens (including phenoxy) is 1. The number of nitro groups is 1. The Bertz CT molecular complexity index is 855. The number of hydrogen-bond donors (Lipinski definition) is 2. The van der Waals surface area contributed by atoms with Gasteiger partial charge in [0.15, 0.2) is 0 Å². The lowest BCUT2D eigenvalue weighted by molar-refractivity contribution is -0.384. The summed E-state index contributed by atoms with van der Waals surface area (Å²) in [6.45, 7) is 0.756. The van der Waals surface area contributed by atoms with E-state index in [2.05, 4.69) is 10.6 Å². The van der Waals surface area contributed by atoms with E-state index in [9.17, 15) is 19.7 Å². The molecular weight excluding hydrogens is 454 g/mol. The molecule has 9 heteroatoms. The Morgan fingerprint density at radius 1 is 1.13 bits per heavy atom. The standard InChI is InChI=1S/C21H23N3O5.BrH/c25-20(18-7-4-12-22-18)23-19(13-15-5-2-1-3-6-15)21(26)29-14-16-8-10-17(11-9-16)24(27)28;/h1-3,5-6,8-11,18-19,22H,4,7,12-14H2,(H,23,25);1H/t18-,19-;/m0./s1. The summed E-state index contributed by atoms with van der Waals surface area (Å²) in [5.74, 6) is -0.755. The highest BCUT2D eigenvalue weighted by Crippen LogP contribution is 2.14. The maximum Gasteiger partial charge on any atom is 0.329 e. The van der Waals surface area contributed by atoms with Crippen molar-refractivity contribution in [3.8, 4) is 0 Å². The van der Waals surface area contributed by atoms with E-state index in [1.807, 2.05) is 30.3 Å². The second-order valence-corrected chi connectivity index (χ2v) is 6.93. The fraction of sp³-hybridized carbons (Fsp3) is 0.333. The first kappa shape index (κ1) is 23.5. The molecule has 1 amide bonds. The first-order valence-electron chi connectivity index (χ1n) is 9.50. The number of halogens is 1. The van der Waals surface area contributed by atoms with Gasteiger partial charge in [-0.3, -0.25) is 14.9 Å². The van der Waals surface area contributed by atoms with E-state index in [1.165, 1.54) is 12.1 Å². The van der Waals surface area contributed by atoms with Gasteiger partial charge in [-0.05, 0) is 42.6 Å². The van der Waals surface area contributed by atoms with Crippen molar-refractivity contribution in [3.63, 3.8) is 0 Å². The summed E-state index contributed by atoms with van der Waals surface area (Å²) in [7, 11) is 0. The van der Waals surface area contributed by atoms with Gasteiger partial charge in [0.05, 0.1) is 11.0 Å². The molecule has 0 bridgehead atoms. The van der Waals surface area contributed by atoms with Crippen LogP contribution in [0.15, 0.2) is 54.6 Å². The second kappa shape index (κ2) is 11.4. The van der Waals surface area contributed by atoms with Gasteiger partial charge in [0.25, 0.3) is 5.69 Å². The lowest BCUT2D eigenvalue weighted by atomic mass is 10.1. The molecule has 0 spiro atoms. The van der Waals surface area contributed by atoms with Crippen molar-refractivity contribution < 1.29 is 19.2 Å². The molecule has 1 saturated heterocycles. The molecule has 2 N–H and O–H groups in total. The highest BCUT2D eigenvalue weighted by molar-refractivity contribution is 8.93. The molecule has 1 heterocycles. The van der Waals surface area contributed by atoms with E-state index in [0.29, 0.717) is 12.0 Å². The highest BCUT2D eigenvalue weighted by atomic mass is 79.9. The fourth-order valence-electron chi connectivity index (χ4n) is 3.19. The van der Waals surface area contributed by atoms with Crippen molar-refractivity contribution in [2.24, 2.45) is 0 Å². The van der Waals surface area contributed by atoms with Crippen molar-refractivity contribution in [1.29, 1.82) is 0 Å². The average molecular weight is 478 g/mol. The van der Waals surface area contributed by atoms with Crippen LogP contribution in [0.1, 0.15) is 24.0 Å². The van der Waals surface area contributed by atoms with E-state index in [0.717, 1.165) is 24.9 Å². The van der Waals surface area contributed by atoms with Crippen LogP contribution in [0.5, 0.6) is 0 Å². The Balaban J connectivity index is 0.00000320. The molecule has 0 radical (unpaired) electrons. The third-order valence-corrected chi connectivity index (χ3v) is 4.79. The van der Waals surface area contributed by atoms with Crippen molar-refractivity contribution in [2.45, 2.75) is 38.0 Å². The maximum absolute atomic E-state index is 12.7. The van der Waals surface area contributed by atoms with Crippen LogP contribution in [-0.4, -0.2) is 35.4 Å². The number of carbonyl (C=O) groups is 2. The van der Waals surface area contributed by atoms with Crippen LogP contribution >= 0.6 is 17.0 Å². The summed E-state index contributed by atoms with van der Waals surface area (Å²) in [5, 5.41) is 16.6. The zero-order valence-electron chi connectivity index (χ0n) is 16.3. The van der Waals surface area contributed by atoms with E-state index in [4.69, 9.17) is 4.74 Å². The smallest absolute Gasteiger partial charge is 0.329 e. The van der Waals surface area contributed by atoms with Gasteiger partial charge in [-0.25, -0.2) is 4.79 Å². The number of rotatable bonds is 8. The first-order valence-corrected chi connectivity index (χ1v) is 9.50. The van der Waals surface area contributed by atoms with Crippen molar-refractivity contribution in [3.05, 3.63) is 75.8 Å². The molecule has 1 aliphatic heterocycles. The molecular formula is C21H24BrN3O5. The molecule has 8 nitrogen and oxygen atoms in total. The lowest BCUT2D eigenvalue weighted by Crippen LogP contribution is -2.49. The van der Waals surface area contributed by atoms with Crippen LogP contribution in [0.25, 0.3) is 0 Å². The predicted octanol–water partition coefficient (Wildman–Crippen LogP) is 2.70. The topological polar surface area (TPSA) is 111 Å². The number of carbonyl (C=O) groups excluding carboxylic acids is 2. The average Bonchev–Trinajstić information content (AvgIpc) is 3.27. The number of benzene rings is 2. The quantitative estimate of drug-likeness (QED) is 0.343. The number of esters is 1. The minimum absolute atomic E-state index is 0. The monoisotopic (exact) mass is 477 g/mol. The molecule has 3 rings (SSSR count). The van der Waals surface area contributed by atoms with Crippen LogP contribution in [0, 0.1) is 10.1 Å². The number of non-ortho nitro benzene ring substituents is 1. The highest BCUT2D eigenvalue weighted by Gasteiger charge is 2.28. The third-order valence-electron chi connectivity index (χ3n) is 4.79. The van der Waals surface area contributed by atoms with Crippen LogP contribution in [-0.2, 0) is 27.4 Å². The van der Waals surface area contributed by atoms with E-state index < -0.39 is 16.9 Å². The molecule has 0 unspecified atom stereocenters. The zero-order chi connectivity index (χ0) is 20.6. The predicted molar refractivity (Wildman–Crippen MR) is 116 cm³/mol. The van der Waals surface area contributed by atoms with Crippen LogP contribution in [0.2, 0.25) is 0 Å². The number of nitro benzene ring substituents is 1. The summed E-state index contributed by atoms with van der Waals surface area (Å²) >= 11 is 0. The van der Waals surface area contributed by atoms with Gasteiger partial charge in [0, 0.05) is 18.6 Å². The summed E-state index contributed by atoms with van der Waals surface area (Å²) in [6.07, 6.45) is 1.98. The summed E-state index contributed by atoms with van der Waals surface area (Å²) in [5.41, 5.74) is 1.51. The van der Waals surface area contributed by atoms with Gasteiger partial charge in [0.1, 0.15) is 12.6 Å². The van der Waals surface area contributed by atoms with Gasteiger partial charge in [-0.2, -0.15) is 0 Å². The second-order valence-electron chi connectivity index (χ2n) is 6.93. The summed E-state index contributed by atoms with van der Waals surface area (Å²) in [6, 6.07) is 14.1. The third kappa shape index (κ3) is 6.64. The number of amides is 1. The van der Waals surface area contributed by atoms with Gasteiger partial charge in [0.2, 0.25) is 5.91 Å². The molecule has 30 heavy (non-hydrogen) atoms. The Labute approximate surface area is 184 Å². The van der Waals surface area contributed by atoms with Crippen molar-refractivity contribution >= 4 is 34.5 Å². The van der Waals surface area contributed by atoms with Crippen molar-refractivity contribution in [1.82, 2.24) is 10.6 Å². The molecule has 2 atom stereocenters. The number of nitrogens with zero attached hydrogens (tertiary/aromatic N) is 1. The van der Waals surface area contributed by atoms with Gasteiger partial charge in [-0.15, -0.1) is 17.0 Å². The molecule has 0 saturated carbocycles. The molecule has 2 aromatic rings. The fourth-order valence-corrected chi connectivity index (χ4v) is 3.19. The summed E-state index contributed by atoms with van der Waals surface area (Å²) in [4.78, 5) is 35.4. The first-order chi connectivity index (χ1) is 14.0. The number of nitrogens with one attached hydrogen (secondary N) is 2. The van der Waals surface area contributed by atoms with Crippen LogP contribution in [0.4, 0.5) is 5.69 Å². The molecule has 2 aromatic carbocycles. The molecule has 1 aliphatic rings. The maximum atomic E-state index is 12.7. The minimum Gasteiger partial charge on any atom is -0.459 e. The largest absolute Gasteiger partial charge is 0.459 e. The lowest BCUT2D eigenvalue weighted by Gasteiger charge is -2.20. The molecule has 160 valence electrons. The summed E-state index contributed by atoms with van der Waals surface area (Å²) < 4.78 is 5.38. The van der Waals surface area contributed by atoms with E-state index in [1.54, 1.807) is 12.1 Å². The van der Waals surface area contributed by atoms with Crippen molar-refractivity contribution in [2.75, 3.05) is 6.54 Å². The number of hydrogen-bond acceptors (Lipinski definition) is 6.